The Balaban J connectivity index is 1.09. The molecule has 58 heavy (non-hydrogen) atoms. The number of rotatable bonds is 4. The van der Waals surface area contributed by atoms with Crippen LogP contribution in [0.4, 0.5) is 17.1 Å². The average molecular weight is 744 g/mol. The molecule has 0 aliphatic heterocycles. The summed E-state index contributed by atoms with van der Waals surface area (Å²) in [5, 5.41) is 7.05. The number of hydrogen-bond acceptors (Lipinski definition) is 2. The first kappa shape index (κ1) is 33.3. The largest absolute Gasteiger partial charge is 0.455 e. The first-order chi connectivity index (χ1) is 28.3. The predicted molar refractivity (Wildman–Crippen MR) is 244 cm³/mol. The lowest BCUT2D eigenvalue weighted by Gasteiger charge is -2.29. The van der Waals surface area contributed by atoms with Crippen LogP contribution in [0.25, 0.3) is 76.9 Å². The van der Waals surface area contributed by atoms with Crippen molar-refractivity contribution in [1.82, 2.24) is 0 Å². The zero-order valence-electron chi connectivity index (χ0n) is 33.1. The molecule has 9 aromatic carbocycles. The van der Waals surface area contributed by atoms with Gasteiger partial charge in [0.15, 0.2) is 0 Å². The number of nitrogens with zero attached hydrogens (tertiary/aromatic N) is 1. The molecule has 2 aliphatic rings. The normalized spacial score (nSPS) is 14.5. The minimum absolute atomic E-state index is 0.102. The third-order valence-corrected chi connectivity index (χ3v) is 13.4. The maximum atomic E-state index is 7.00. The highest BCUT2D eigenvalue weighted by atomic mass is 16.3. The van der Waals surface area contributed by atoms with Crippen molar-refractivity contribution in [3.63, 3.8) is 0 Å². The van der Waals surface area contributed by atoms with Crippen LogP contribution in [-0.2, 0) is 10.8 Å². The molecule has 0 saturated carbocycles. The standard InChI is InChI=1S/C56H41NO/c1-55(2)47-21-11-9-19-41(47)43-27-24-36(31-49(43)55)53-40-18-8-6-15-35(40)30-46-45-32-37(26-29-52(45)58-54(46)53)57(51-23-13-16-34-14-5-7-17-39(34)51)38-25-28-44-42-20-10-12-22-48(42)56(3,4)50(44)33-38/h5-33H,1-4H3. The zero-order chi connectivity index (χ0) is 38.9. The molecule has 0 unspecified atom stereocenters. The van der Waals surface area contributed by atoms with E-state index in [1.54, 1.807) is 0 Å². The Morgan fingerprint density at radius 2 is 0.966 bits per heavy atom. The van der Waals surface area contributed by atoms with E-state index in [0.29, 0.717) is 0 Å². The minimum atomic E-state index is -0.121. The lowest BCUT2D eigenvalue weighted by atomic mass is 9.81. The first-order valence-corrected chi connectivity index (χ1v) is 20.4. The lowest BCUT2D eigenvalue weighted by molar-refractivity contribution is 0.660. The Morgan fingerprint density at radius 1 is 0.397 bits per heavy atom. The highest BCUT2D eigenvalue weighted by molar-refractivity contribution is 6.19. The second kappa shape index (κ2) is 11.8. The molecule has 0 spiro atoms. The van der Waals surface area contributed by atoms with Gasteiger partial charge in [-0.3, -0.25) is 0 Å². The Bertz CT molecular complexity index is 3350. The molecule has 12 rings (SSSR count). The summed E-state index contributed by atoms with van der Waals surface area (Å²) in [7, 11) is 0. The van der Waals surface area contributed by atoms with Crippen molar-refractivity contribution in [1.29, 1.82) is 0 Å². The fraction of sp³-hybridized carbons (Fsp3) is 0.107. The third kappa shape index (κ3) is 4.54. The molecule has 2 aliphatic carbocycles. The Morgan fingerprint density at radius 3 is 1.72 bits per heavy atom. The number of furan rings is 1. The quantitative estimate of drug-likeness (QED) is 0.178. The second-order valence-electron chi connectivity index (χ2n) is 17.3. The molecule has 0 atom stereocenters. The molecule has 1 heterocycles. The molecule has 0 saturated heterocycles. The van der Waals surface area contributed by atoms with Gasteiger partial charge in [0.25, 0.3) is 0 Å². The summed E-state index contributed by atoms with van der Waals surface area (Å²) in [6, 6.07) is 65.0. The third-order valence-electron chi connectivity index (χ3n) is 13.4. The van der Waals surface area contributed by atoms with Crippen molar-refractivity contribution in [2.24, 2.45) is 0 Å². The molecule has 0 fully saturated rings. The van der Waals surface area contributed by atoms with Crippen LogP contribution in [0.15, 0.2) is 180 Å². The van der Waals surface area contributed by atoms with Crippen LogP contribution < -0.4 is 4.90 Å². The van der Waals surface area contributed by atoms with E-state index in [2.05, 4.69) is 209 Å². The Kier molecular flexibility index (Phi) is 6.78. The fourth-order valence-corrected chi connectivity index (χ4v) is 10.5. The van der Waals surface area contributed by atoms with Crippen LogP contribution in [0.1, 0.15) is 49.9 Å². The van der Waals surface area contributed by atoms with Gasteiger partial charge < -0.3 is 9.32 Å². The van der Waals surface area contributed by atoms with Crippen LogP contribution in [-0.4, -0.2) is 0 Å². The lowest BCUT2D eigenvalue weighted by Crippen LogP contribution is -2.16. The van der Waals surface area contributed by atoms with E-state index in [4.69, 9.17) is 4.42 Å². The summed E-state index contributed by atoms with van der Waals surface area (Å²) in [4.78, 5) is 2.45. The van der Waals surface area contributed by atoms with Gasteiger partial charge in [-0.05, 0) is 115 Å². The minimum Gasteiger partial charge on any atom is -0.455 e. The molecule has 10 aromatic rings. The van der Waals surface area contributed by atoms with E-state index in [9.17, 15) is 0 Å². The molecule has 2 nitrogen and oxygen atoms in total. The molecule has 2 heteroatoms. The molecule has 0 amide bonds. The van der Waals surface area contributed by atoms with Crippen LogP contribution in [0.5, 0.6) is 0 Å². The summed E-state index contributed by atoms with van der Waals surface area (Å²) in [5.74, 6) is 0. The van der Waals surface area contributed by atoms with Crippen LogP contribution in [0.3, 0.4) is 0 Å². The zero-order valence-corrected chi connectivity index (χ0v) is 33.1. The molecule has 276 valence electrons. The second-order valence-corrected chi connectivity index (χ2v) is 17.3. The fourth-order valence-electron chi connectivity index (χ4n) is 10.5. The maximum absolute atomic E-state index is 7.00. The average Bonchev–Trinajstić information content (AvgIpc) is 3.81. The summed E-state index contributed by atoms with van der Waals surface area (Å²) in [6.45, 7) is 9.42. The van der Waals surface area contributed by atoms with Crippen molar-refractivity contribution in [3.05, 3.63) is 198 Å². The summed E-state index contributed by atoms with van der Waals surface area (Å²) in [5.41, 5.74) is 18.1. The first-order valence-electron chi connectivity index (χ1n) is 20.4. The maximum Gasteiger partial charge on any atom is 0.143 e. The molecular formula is C56H41NO. The number of benzene rings is 9. The van der Waals surface area contributed by atoms with E-state index in [1.807, 2.05) is 0 Å². The SMILES string of the molecule is CC1(C)c2ccccc2-c2ccc(-c3c4ccccc4cc4c3oc3ccc(N(c5ccc6c(c5)C(C)(C)c5ccccc5-6)c5cccc6ccccc56)cc34)cc21. The molecule has 0 radical (unpaired) electrons. The van der Waals surface area contributed by atoms with Gasteiger partial charge in [-0.25, -0.2) is 0 Å². The molecule has 0 N–H and O–H groups in total. The van der Waals surface area contributed by atoms with Crippen molar-refractivity contribution in [3.8, 4) is 33.4 Å². The highest BCUT2D eigenvalue weighted by Gasteiger charge is 2.37. The highest BCUT2D eigenvalue weighted by Crippen LogP contribution is 2.53. The van der Waals surface area contributed by atoms with E-state index < -0.39 is 0 Å². The van der Waals surface area contributed by atoms with Crippen molar-refractivity contribution >= 4 is 60.5 Å². The van der Waals surface area contributed by atoms with Crippen molar-refractivity contribution in [2.45, 2.75) is 38.5 Å². The van der Waals surface area contributed by atoms with Gasteiger partial charge in [0.05, 0.1) is 5.69 Å². The Labute approximate surface area is 338 Å². The summed E-state index contributed by atoms with van der Waals surface area (Å²) >= 11 is 0. The predicted octanol–water partition coefficient (Wildman–Crippen LogP) is 15.6. The van der Waals surface area contributed by atoms with E-state index >= 15 is 0 Å². The smallest absolute Gasteiger partial charge is 0.143 e. The van der Waals surface area contributed by atoms with Gasteiger partial charge in [-0.1, -0.05) is 155 Å². The topological polar surface area (TPSA) is 16.4 Å². The van der Waals surface area contributed by atoms with Crippen LogP contribution in [0.2, 0.25) is 0 Å². The van der Waals surface area contributed by atoms with E-state index in [-0.39, 0.29) is 10.8 Å². The molecular weight excluding hydrogens is 703 g/mol. The monoisotopic (exact) mass is 743 g/mol. The van der Waals surface area contributed by atoms with Gasteiger partial charge in [0.1, 0.15) is 11.2 Å². The van der Waals surface area contributed by atoms with Crippen LogP contribution in [0, 0.1) is 0 Å². The number of fused-ring (bicyclic) bond motifs is 11. The number of hydrogen-bond donors (Lipinski definition) is 0. The Hall–Kier alpha value is -6.90. The summed E-state index contributed by atoms with van der Waals surface area (Å²) in [6.07, 6.45) is 0. The van der Waals surface area contributed by atoms with Gasteiger partial charge in [0.2, 0.25) is 0 Å². The van der Waals surface area contributed by atoms with E-state index in [0.717, 1.165) is 44.6 Å². The van der Waals surface area contributed by atoms with Crippen LogP contribution >= 0.6 is 0 Å². The van der Waals surface area contributed by atoms with E-state index in [1.165, 1.54) is 71.6 Å². The van der Waals surface area contributed by atoms with Crippen molar-refractivity contribution < 1.29 is 4.42 Å². The van der Waals surface area contributed by atoms with Gasteiger partial charge in [0, 0.05) is 43.9 Å². The molecule has 1 aromatic heterocycles. The van der Waals surface area contributed by atoms with Gasteiger partial charge in [-0.2, -0.15) is 0 Å². The number of anilines is 3. The van der Waals surface area contributed by atoms with Gasteiger partial charge in [-0.15, -0.1) is 0 Å². The van der Waals surface area contributed by atoms with Crippen molar-refractivity contribution in [2.75, 3.05) is 4.90 Å². The van der Waals surface area contributed by atoms with Gasteiger partial charge >= 0.3 is 0 Å². The molecule has 0 bridgehead atoms. The summed E-state index contributed by atoms with van der Waals surface area (Å²) < 4.78 is 7.00.